The standard InChI is InChI=1S/C16H17N5O5/c17-13-10-14(20-16(19-13)25-8-4-2-1-3-5-8)21(7-18-10)15-12(24)11(23)9(6-22)26-15/h1-5,7,9,11-12,15,22-24H,6H2,(H2,17,19,20)/t9-,11-,12-,15?/m0/s1. The second-order valence-electron chi connectivity index (χ2n) is 5.86. The van der Waals surface area contributed by atoms with Crippen molar-refractivity contribution in [1.82, 2.24) is 19.5 Å². The number of nitrogen functional groups attached to an aromatic ring is 1. The van der Waals surface area contributed by atoms with Gasteiger partial charge < -0.3 is 30.5 Å². The largest absolute Gasteiger partial charge is 0.424 e. The Kier molecular flexibility index (Phi) is 4.17. The lowest BCUT2D eigenvalue weighted by Gasteiger charge is -2.16. The molecule has 10 nitrogen and oxygen atoms in total. The first-order valence-corrected chi connectivity index (χ1v) is 7.94. The number of fused-ring (bicyclic) bond motifs is 1. The highest BCUT2D eigenvalue weighted by molar-refractivity contribution is 5.82. The number of rotatable bonds is 4. The van der Waals surface area contributed by atoms with E-state index in [0.29, 0.717) is 11.3 Å². The van der Waals surface area contributed by atoms with E-state index in [0.717, 1.165) is 0 Å². The molecule has 5 N–H and O–H groups in total. The van der Waals surface area contributed by atoms with E-state index < -0.39 is 31.1 Å². The Morgan fingerprint density at radius 1 is 1.15 bits per heavy atom. The maximum atomic E-state index is 10.2. The normalized spacial score (nSPS) is 25.7. The first-order chi connectivity index (χ1) is 12.6. The van der Waals surface area contributed by atoms with Crippen molar-refractivity contribution in [3.63, 3.8) is 0 Å². The number of benzene rings is 1. The zero-order valence-corrected chi connectivity index (χ0v) is 13.5. The number of aliphatic hydroxyl groups excluding tert-OH is 3. The summed E-state index contributed by atoms with van der Waals surface area (Å²) in [5.41, 5.74) is 6.52. The number of hydrogen-bond acceptors (Lipinski definition) is 9. The van der Waals surface area contributed by atoms with Crippen LogP contribution in [0.1, 0.15) is 6.23 Å². The minimum Gasteiger partial charge on any atom is -0.424 e. The van der Waals surface area contributed by atoms with Crippen LogP contribution in [0.4, 0.5) is 5.82 Å². The molecule has 0 bridgehead atoms. The molecule has 0 saturated carbocycles. The van der Waals surface area contributed by atoms with Crippen LogP contribution < -0.4 is 10.5 Å². The topological polar surface area (TPSA) is 149 Å². The molecule has 0 amide bonds. The van der Waals surface area contributed by atoms with Gasteiger partial charge in [-0.3, -0.25) is 4.57 Å². The highest BCUT2D eigenvalue weighted by Crippen LogP contribution is 2.32. The van der Waals surface area contributed by atoms with Crippen LogP contribution in [0.5, 0.6) is 11.8 Å². The van der Waals surface area contributed by atoms with Crippen LogP contribution in [0.25, 0.3) is 11.2 Å². The zero-order valence-electron chi connectivity index (χ0n) is 13.5. The Morgan fingerprint density at radius 3 is 2.62 bits per heavy atom. The maximum absolute atomic E-state index is 10.2. The second-order valence-corrected chi connectivity index (χ2v) is 5.86. The van der Waals surface area contributed by atoms with Crippen molar-refractivity contribution in [3.05, 3.63) is 36.7 Å². The molecule has 136 valence electrons. The maximum Gasteiger partial charge on any atom is 0.326 e. The summed E-state index contributed by atoms with van der Waals surface area (Å²) < 4.78 is 12.6. The molecular weight excluding hydrogens is 342 g/mol. The first kappa shape index (κ1) is 16.7. The average Bonchev–Trinajstić information content (AvgIpc) is 3.18. The molecule has 1 aliphatic heterocycles. The summed E-state index contributed by atoms with van der Waals surface area (Å²) in [6, 6.07) is 8.96. The van der Waals surface area contributed by atoms with E-state index in [1.54, 1.807) is 24.3 Å². The molecule has 3 heterocycles. The monoisotopic (exact) mass is 359 g/mol. The summed E-state index contributed by atoms with van der Waals surface area (Å²) in [5, 5.41) is 29.4. The predicted octanol–water partition coefficient (Wildman–Crippen LogP) is -0.188. The van der Waals surface area contributed by atoms with Gasteiger partial charge in [0.15, 0.2) is 23.2 Å². The number of imidazole rings is 1. The molecular formula is C16H17N5O5. The summed E-state index contributed by atoms with van der Waals surface area (Å²) >= 11 is 0. The fraction of sp³-hybridized carbons (Fsp3) is 0.312. The summed E-state index contributed by atoms with van der Waals surface area (Å²) in [7, 11) is 0. The van der Waals surface area contributed by atoms with Gasteiger partial charge in [-0.05, 0) is 12.1 Å². The number of hydrogen-bond donors (Lipinski definition) is 4. The molecule has 26 heavy (non-hydrogen) atoms. The number of ether oxygens (including phenoxy) is 2. The Balaban J connectivity index is 1.73. The molecule has 0 aliphatic carbocycles. The molecule has 3 aromatic rings. The molecule has 4 atom stereocenters. The number of nitrogens with two attached hydrogens (primary N) is 1. The fourth-order valence-electron chi connectivity index (χ4n) is 2.85. The van der Waals surface area contributed by atoms with Crippen LogP contribution in [-0.4, -0.2) is 59.8 Å². The van der Waals surface area contributed by atoms with Crippen molar-refractivity contribution < 1.29 is 24.8 Å². The van der Waals surface area contributed by atoms with Gasteiger partial charge in [-0.1, -0.05) is 18.2 Å². The Bertz CT molecular complexity index is 918. The minimum atomic E-state index is -1.26. The number of aromatic nitrogens is 4. The third kappa shape index (κ3) is 2.74. The molecule has 2 aromatic heterocycles. The van der Waals surface area contributed by atoms with Gasteiger partial charge in [-0.15, -0.1) is 0 Å². The van der Waals surface area contributed by atoms with E-state index in [1.807, 2.05) is 6.07 Å². The summed E-state index contributed by atoms with van der Waals surface area (Å²) in [6.45, 7) is -0.430. The lowest BCUT2D eigenvalue weighted by Crippen LogP contribution is -2.33. The number of nitrogens with zero attached hydrogens (tertiary/aromatic N) is 4. The first-order valence-electron chi connectivity index (χ1n) is 7.94. The molecule has 1 aliphatic rings. The Hall–Kier alpha value is -2.79. The molecule has 1 fully saturated rings. The van der Waals surface area contributed by atoms with Crippen LogP contribution in [0.3, 0.4) is 0 Å². The van der Waals surface area contributed by atoms with Crippen molar-refractivity contribution in [2.45, 2.75) is 24.5 Å². The summed E-state index contributed by atoms with van der Waals surface area (Å²) in [4.78, 5) is 12.5. The van der Waals surface area contributed by atoms with Gasteiger partial charge in [-0.2, -0.15) is 9.97 Å². The Labute approximate surface area is 147 Å². The van der Waals surface area contributed by atoms with Crippen molar-refractivity contribution in [2.24, 2.45) is 0 Å². The molecule has 1 saturated heterocycles. The van der Waals surface area contributed by atoms with Crippen LogP contribution in [0.2, 0.25) is 0 Å². The molecule has 0 spiro atoms. The highest BCUT2D eigenvalue weighted by Gasteiger charge is 2.44. The smallest absolute Gasteiger partial charge is 0.326 e. The van der Waals surface area contributed by atoms with Gasteiger partial charge in [0.25, 0.3) is 0 Å². The molecule has 10 heteroatoms. The van der Waals surface area contributed by atoms with Crippen molar-refractivity contribution in [3.8, 4) is 11.8 Å². The molecule has 1 unspecified atom stereocenters. The second kappa shape index (κ2) is 6.50. The van der Waals surface area contributed by atoms with E-state index in [-0.39, 0.29) is 17.5 Å². The van der Waals surface area contributed by atoms with Crippen LogP contribution in [-0.2, 0) is 4.74 Å². The zero-order chi connectivity index (χ0) is 18.3. The molecule has 4 rings (SSSR count). The summed E-state index contributed by atoms with van der Waals surface area (Å²) in [5.74, 6) is 0.636. The number of aliphatic hydroxyl groups is 3. The summed E-state index contributed by atoms with van der Waals surface area (Å²) in [6.07, 6.45) is -3.01. The average molecular weight is 359 g/mol. The van der Waals surface area contributed by atoms with Gasteiger partial charge >= 0.3 is 6.01 Å². The van der Waals surface area contributed by atoms with E-state index in [9.17, 15) is 15.3 Å². The Morgan fingerprint density at radius 2 is 1.92 bits per heavy atom. The van der Waals surface area contributed by atoms with Crippen molar-refractivity contribution in [2.75, 3.05) is 12.3 Å². The van der Waals surface area contributed by atoms with Crippen molar-refractivity contribution >= 4 is 17.0 Å². The van der Waals surface area contributed by atoms with Crippen LogP contribution in [0, 0.1) is 0 Å². The number of anilines is 1. The van der Waals surface area contributed by atoms with E-state index >= 15 is 0 Å². The van der Waals surface area contributed by atoms with Crippen LogP contribution >= 0.6 is 0 Å². The van der Waals surface area contributed by atoms with Gasteiger partial charge in [0.05, 0.1) is 12.9 Å². The van der Waals surface area contributed by atoms with Gasteiger partial charge in [0, 0.05) is 0 Å². The van der Waals surface area contributed by atoms with Crippen LogP contribution in [0.15, 0.2) is 36.7 Å². The lowest BCUT2D eigenvalue weighted by molar-refractivity contribution is -0.0511. The van der Waals surface area contributed by atoms with Crippen molar-refractivity contribution in [1.29, 1.82) is 0 Å². The third-order valence-corrected chi connectivity index (χ3v) is 4.17. The minimum absolute atomic E-state index is 0.00898. The van der Waals surface area contributed by atoms with E-state index in [1.165, 1.54) is 10.9 Å². The fourth-order valence-corrected chi connectivity index (χ4v) is 2.85. The van der Waals surface area contributed by atoms with Gasteiger partial charge in [-0.25, -0.2) is 4.98 Å². The van der Waals surface area contributed by atoms with E-state index in [4.69, 9.17) is 15.2 Å². The van der Waals surface area contributed by atoms with Gasteiger partial charge in [0.1, 0.15) is 24.1 Å². The van der Waals surface area contributed by atoms with Gasteiger partial charge in [0.2, 0.25) is 0 Å². The van der Waals surface area contributed by atoms with E-state index in [2.05, 4.69) is 15.0 Å². The molecule has 0 radical (unpaired) electrons. The predicted molar refractivity (Wildman–Crippen MR) is 89.3 cm³/mol. The molecule has 1 aromatic carbocycles. The SMILES string of the molecule is Nc1nc(Oc2ccccc2)nc2c1ncn2C1O[C@@H](CO)[C@H](O)[C@@H]1O. The highest BCUT2D eigenvalue weighted by atomic mass is 16.6. The third-order valence-electron chi connectivity index (χ3n) is 4.17. The lowest BCUT2D eigenvalue weighted by atomic mass is 10.1. The number of para-hydroxylation sites is 1. The quantitative estimate of drug-likeness (QED) is 0.497.